The van der Waals surface area contributed by atoms with Gasteiger partial charge in [-0.3, -0.25) is 4.79 Å². The smallest absolute Gasteiger partial charge is 0.243 e. The van der Waals surface area contributed by atoms with Gasteiger partial charge in [0.05, 0.1) is 11.5 Å². The molecule has 1 fully saturated rings. The molecule has 0 bridgehead atoms. The largest absolute Gasteiger partial charge is 0.383 e. The molecule has 1 aromatic rings. The molecule has 1 aromatic carbocycles. The molecule has 8 heteroatoms. The maximum absolute atomic E-state index is 13.0. The van der Waals surface area contributed by atoms with Gasteiger partial charge >= 0.3 is 0 Å². The number of hydrogen-bond acceptors (Lipinski definition) is 4. The van der Waals surface area contributed by atoms with Crippen molar-refractivity contribution in [1.29, 1.82) is 0 Å². The van der Waals surface area contributed by atoms with Crippen LogP contribution in [-0.2, 0) is 19.6 Å². The van der Waals surface area contributed by atoms with Crippen molar-refractivity contribution in [2.45, 2.75) is 36.7 Å². The SMILES string of the molecule is COC[C@H](C)NC(=O)[C@@H]1CCCN1S(=O)(=O)c1ccc(F)cc1. The summed E-state index contributed by atoms with van der Waals surface area (Å²) < 4.78 is 44.5. The summed E-state index contributed by atoms with van der Waals surface area (Å²) in [4.78, 5) is 12.3. The molecule has 1 aliphatic heterocycles. The van der Waals surface area contributed by atoms with Crippen LogP contribution < -0.4 is 5.32 Å². The lowest BCUT2D eigenvalue weighted by Gasteiger charge is -2.24. The van der Waals surface area contributed by atoms with Crippen molar-refractivity contribution < 1.29 is 22.3 Å². The van der Waals surface area contributed by atoms with Crippen molar-refractivity contribution in [1.82, 2.24) is 9.62 Å². The highest BCUT2D eigenvalue weighted by atomic mass is 32.2. The molecule has 1 saturated heterocycles. The van der Waals surface area contributed by atoms with E-state index < -0.39 is 21.9 Å². The van der Waals surface area contributed by atoms with Crippen LogP contribution in [0.4, 0.5) is 4.39 Å². The molecule has 1 N–H and O–H groups in total. The molecule has 0 saturated carbocycles. The first-order chi connectivity index (χ1) is 10.9. The molecule has 0 aliphatic carbocycles. The Balaban J connectivity index is 2.17. The number of hydrogen-bond donors (Lipinski definition) is 1. The summed E-state index contributed by atoms with van der Waals surface area (Å²) in [6.45, 7) is 2.41. The first-order valence-electron chi connectivity index (χ1n) is 7.43. The summed E-state index contributed by atoms with van der Waals surface area (Å²) in [6, 6.07) is 3.67. The Morgan fingerprint density at radius 1 is 1.43 bits per heavy atom. The number of rotatable bonds is 6. The van der Waals surface area contributed by atoms with E-state index in [0.29, 0.717) is 19.4 Å². The monoisotopic (exact) mass is 344 g/mol. The van der Waals surface area contributed by atoms with E-state index in [1.165, 1.54) is 23.5 Å². The summed E-state index contributed by atoms with van der Waals surface area (Å²) in [5, 5.41) is 2.76. The van der Waals surface area contributed by atoms with Gasteiger partial charge in [0.2, 0.25) is 15.9 Å². The zero-order valence-electron chi connectivity index (χ0n) is 13.2. The van der Waals surface area contributed by atoms with E-state index in [9.17, 15) is 17.6 Å². The van der Waals surface area contributed by atoms with Crippen LogP contribution in [0.15, 0.2) is 29.2 Å². The van der Waals surface area contributed by atoms with Crippen molar-refractivity contribution in [2.24, 2.45) is 0 Å². The number of halogens is 1. The molecule has 0 spiro atoms. The molecular weight excluding hydrogens is 323 g/mol. The number of nitrogens with one attached hydrogen (secondary N) is 1. The Bertz CT molecular complexity index is 648. The van der Waals surface area contributed by atoms with Crippen molar-refractivity contribution in [3.8, 4) is 0 Å². The van der Waals surface area contributed by atoms with Crippen LogP contribution in [0, 0.1) is 5.82 Å². The minimum absolute atomic E-state index is 0.0106. The highest BCUT2D eigenvalue weighted by Crippen LogP contribution is 2.26. The second kappa shape index (κ2) is 7.37. The molecule has 0 unspecified atom stereocenters. The number of methoxy groups -OCH3 is 1. The summed E-state index contributed by atoms with van der Waals surface area (Å²) in [5.41, 5.74) is 0. The molecule has 0 radical (unpaired) electrons. The fourth-order valence-electron chi connectivity index (χ4n) is 2.66. The third-order valence-corrected chi connectivity index (χ3v) is 5.65. The molecule has 2 atom stereocenters. The number of nitrogens with zero attached hydrogens (tertiary/aromatic N) is 1. The van der Waals surface area contributed by atoms with Gasteiger partial charge in [-0.05, 0) is 44.0 Å². The third-order valence-electron chi connectivity index (χ3n) is 3.73. The normalized spacial score (nSPS) is 20.4. The maximum atomic E-state index is 13.0. The topological polar surface area (TPSA) is 75.7 Å². The van der Waals surface area contributed by atoms with Crippen LogP contribution in [0.5, 0.6) is 0 Å². The number of carbonyl (C=O) groups excluding carboxylic acids is 1. The second-order valence-corrected chi connectivity index (χ2v) is 7.48. The molecule has 1 heterocycles. The van der Waals surface area contributed by atoms with Gasteiger partial charge in [0.1, 0.15) is 11.9 Å². The number of ether oxygens (including phenoxy) is 1. The van der Waals surface area contributed by atoms with Crippen LogP contribution in [0.1, 0.15) is 19.8 Å². The fourth-order valence-corrected chi connectivity index (χ4v) is 4.32. The lowest BCUT2D eigenvalue weighted by atomic mass is 10.2. The van der Waals surface area contributed by atoms with Gasteiger partial charge in [0.15, 0.2) is 0 Å². The third kappa shape index (κ3) is 4.07. The van der Waals surface area contributed by atoms with E-state index in [4.69, 9.17) is 4.74 Å². The summed E-state index contributed by atoms with van der Waals surface area (Å²) in [6.07, 6.45) is 1.07. The Hall–Kier alpha value is -1.51. The van der Waals surface area contributed by atoms with Crippen molar-refractivity contribution in [3.63, 3.8) is 0 Å². The number of benzene rings is 1. The fraction of sp³-hybridized carbons (Fsp3) is 0.533. The van der Waals surface area contributed by atoms with Gasteiger partial charge in [-0.25, -0.2) is 12.8 Å². The van der Waals surface area contributed by atoms with Gasteiger partial charge < -0.3 is 10.1 Å². The molecule has 6 nitrogen and oxygen atoms in total. The van der Waals surface area contributed by atoms with Crippen LogP contribution in [0.2, 0.25) is 0 Å². The van der Waals surface area contributed by atoms with E-state index >= 15 is 0 Å². The van der Waals surface area contributed by atoms with E-state index in [-0.39, 0.29) is 23.4 Å². The lowest BCUT2D eigenvalue weighted by Crippen LogP contribution is -2.49. The summed E-state index contributed by atoms with van der Waals surface area (Å²) in [5.74, 6) is -0.842. The Labute approximate surface area is 135 Å². The molecule has 23 heavy (non-hydrogen) atoms. The van der Waals surface area contributed by atoms with Crippen molar-refractivity contribution in [3.05, 3.63) is 30.1 Å². The second-order valence-electron chi connectivity index (χ2n) is 5.59. The van der Waals surface area contributed by atoms with E-state index in [2.05, 4.69) is 5.32 Å². The van der Waals surface area contributed by atoms with Crippen molar-refractivity contribution in [2.75, 3.05) is 20.3 Å². The first kappa shape index (κ1) is 17.8. The van der Waals surface area contributed by atoms with Gasteiger partial charge in [-0.15, -0.1) is 0 Å². The summed E-state index contributed by atoms with van der Waals surface area (Å²) in [7, 11) is -2.29. The van der Waals surface area contributed by atoms with Crippen LogP contribution in [0.25, 0.3) is 0 Å². The first-order valence-corrected chi connectivity index (χ1v) is 8.87. The molecule has 1 aliphatic rings. The predicted molar refractivity (Wildman–Crippen MR) is 82.8 cm³/mol. The number of sulfonamides is 1. The molecule has 128 valence electrons. The minimum Gasteiger partial charge on any atom is -0.383 e. The zero-order valence-corrected chi connectivity index (χ0v) is 14.0. The molecule has 2 rings (SSSR count). The minimum atomic E-state index is -3.82. The highest BCUT2D eigenvalue weighted by molar-refractivity contribution is 7.89. The van der Waals surface area contributed by atoms with Gasteiger partial charge in [0.25, 0.3) is 0 Å². The highest BCUT2D eigenvalue weighted by Gasteiger charge is 2.39. The maximum Gasteiger partial charge on any atom is 0.243 e. The Kier molecular flexibility index (Phi) is 5.72. The molecular formula is C15H21FN2O4S. The molecule has 0 aromatic heterocycles. The van der Waals surface area contributed by atoms with Crippen LogP contribution >= 0.6 is 0 Å². The average molecular weight is 344 g/mol. The van der Waals surface area contributed by atoms with Crippen LogP contribution in [0.3, 0.4) is 0 Å². The Morgan fingerprint density at radius 2 is 2.09 bits per heavy atom. The average Bonchev–Trinajstić information content (AvgIpc) is 2.98. The lowest BCUT2D eigenvalue weighted by molar-refractivity contribution is -0.125. The summed E-state index contributed by atoms with van der Waals surface area (Å²) >= 11 is 0. The van der Waals surface area contributed by atoms with Crippen LogP contribution in [-0.4, -0.2) is 51.0 Å². The van der Waals surface area contributed by atoms with E-state index in [0.717, 1.165) is 12.1 Å². The van der Waals surface area contributed by atoms with E-state index in [1.54, 1.807) is 6.92 Å². The predicted octanol–water partition coefficient (Wildman–Crippen LogP) is 1.13. The van der Waals surface area contributed by atoms with E-state index in [1.807, 2.05) is 0 Å². The number of amides is 1. The quantitative estimate of drug-likeness (QED) is 0.839. The molecule has 1 amide bonds. The number of carbonyl (C=O) groups is 1. The van der Waals surface area contributed by atoms with Crippen molar-refractivity contribution >= 4 is 15.9 Å². The van der Waals surface area contributed by atoms with Gasteiger partial charge in [0, 0.05) is 19.7 Å². The Morgan fingerprint density at radius 3 is 2.70 bits per heavy atom. The standard InChI is InChI=1S/C15H21FN2O4S/c1-11(10-22-2)17-15(19)14-4-3-9-18(14)23(20,21)13-7-5-12(16)6-8-13/h5-8,11,14H,3-4,9-10H2,1-2H3,(H,17,19)/t11-,14-/m0/s1. The van der Waals surface area contributed by atoms with Gasteiger partial charge in [-0.1, -0.05) is 0 Å². The zero-order chi connectivity index (χ0) is 17.0. The van der Waals surface area contributed by atoms with Gasteiger partial charge in [-0.2, -0.15) is 4.31 Å².